The lowest BCUT2D eigenvalue weighted by molar-refractivity contribution is -0.131. The highest BCUT2D eigenvalue weighted by molar-refractivity contribution is 5.79. The van der Waals surface area contributed by atoms with Crippen molar-refractivity contribution in [2.75, 3.05) is 0 Å². The van der Waals surface area contributed by atoms with Crippen LogP contribution in [0.2, 0.25) is 0 Å². The number of carboxylic acid groups (broad SMARTS) is 1. The summed E-state index contributed by atoms with van der Waals surface area (Å²) in [5, 5.41) is 18.6. The van der Waals surface area contributed by atoms with Gasteiger partial charge in [-0.2, -0.15) is 0 Å². The van der Waals surface area contributed by atoms with E-state index in [2.05, 4.69) is 0 Å². The minimum atomic E-state index is -0.847. The van der Waals surface area contributed by atoms with Crippen LogP contribution in [-0.2, 0) is 16.0 Å². The molecule has 2 N–H and O–H groups in total. The largest absolute Gasteiger partial charge is 0.508 e. The number of phenolic OH excluding ortho intramolecular Hbond substituents is 1. The first-order chi connectivity index (χ1) is 14.9. The Morgan fingerprint density at radius 2 is 1.68 bits per heavy atom. The maximum atomic E-state index is 11.0. The molecule has 0 amide bonds. The second kappa shape index (κ2) is 13.3. The summed E-state index contributed by atoms with van der Waals surface area (Å²) in [7, 11) is 0. The van der Waals surface area contributed by atoms with E-state index in [0.717, 1.165) is 64.1 Å². The predicted molar refractivity (Wildman–Crippen MR) is 125 cm³/mol. The Labute approximate surface area is 187 Å². The standard InChI is InChI=1S/C27H40O4/c1-22(21-28)8-3-2-4-9-23(20-24-11-13-25(29)14-12-24)10-7-18-27(16-5-6-17-27)19-15-26(30)31/h11-15,19,21-23,29H,2-10,16-18,20H2,1H3,(H,30,31). The van der Waals surface area contributed by atoms with Crippen LogP contribution in [0.5, 0.6) is 5.75 Å². The topological polar surface area (TPSA) is 74.6 Å². The number of phenols is 1. The van der Waals surface area contributed by atoms with E-state index in [-0.39, 0.29) is 11.3 Å². The molecular weight excluding hydrogens is 388 g/mol. The van der Waals surface area contributed by atoms with Crippen LogP contribution in [0.3, 0.4) is 0 Å². The number of aromatic hydroxyl groups is 1. The summed E-state index contributed by atoms with van der Waals surface area (Å²) in [6.07, 6.45) is 18.9. The van der Waals surface area contributed by atoms with E-state index in [0.29, 0.717) is 11.7 Å². The number of carbonyl (C=O) groups is 2. The molecule has 1 aliphatic carbocycles. The molecule has 1 aliphatic rings. The van der Waals surface area contributed by atoms with Crippen LogP contribution in [0.1, 0.15) is 89.5 Å². The van der Waals surface area contributed by atoms with Crippen LogP contribution >= 0.6 is 0 Å². The molecule has 172 valence electrons. The maximum Gasteiger partial charge on any atom is 0.327 e. The molecule has 1 aromatic rings. The second-order valence-electron chi connectivity index (χ2n) is 9.62. The van der Waals surface area contributed by atoms with Gasteiger partial charge in [-0.05, 0) is 61.1 Å². The monoisotopic (exact) mass is 428 g/mol. The number of benzene rings is 1. The molecule has 0 aliphatic heterocycles. The molecule has 4 heteroatoms. The molecule has 0 bridgehead atoms. The van der Waals surface area contributed by atoms with Crippen LogP contribution in [0.15, 0.2) is 36.4 Å². The first-order valence-corrected chi connectivity index (χ1v) is 12.1. The minimum absolute atomic E-state index is 0.0758. The Morgan fingerprint density at radius 3 is 2.32 bits per heavy atom. The van der Waals surface area contributed by atoms with Gasteiger partial charge in [0.25, 0.3) is 0 Å². The lowest BCUT2D eigenvalue weighted by atomic mass is 9.79. The average Bonchev–Trinajstić information content (AvgIpc) is 3.22. The molecule has 4 nitrogen and oxygen atoms in total. The van der Waals surface area contributed by atoms with Gasteiger partial charge in [0.2, 0.25) is 0 Å². The van der Waals surface area contributed by atoms with Crippen molar-refractivity contribution in [3.8, 4) is 5.75 Å². The third-order valence-electron chi connectivity index (χ3n) is 6.93. The summed E-state index contributed by atoms with van der Waals surface area (Å²) in [4.78, 5) is 21.8. The minimum Gasteiger partial charge on any atom is -0.508 e. The van der Waals surface area contributed by atoms with Crippen LogP contribution in [0.4, 0.5) is 0 Å². The van der Waals surface area contributed by atoms with Crippen molar-refractivity contribution in [1.82, 2.24) is 0 Å². The van der Waals surface area contributed by atoms with E-state index in [1.807, 2.05) is 25.1 Å². The molecule has 1 fully saturated rings. The fraction of sp³-hybridized carbons (Fsp3) is 0.630. The molecule has 1 aromatic carbocycles. The van der Waals surface area contributed by atoms with Gasteiger partial charge in [-0.25, -0.2) is 4.79 Å². The zero-order valence-electron chi connectivity index (χ0n) is 19.1. The zero-order valence-corrected chi connectivity index (χ0v) is 19.1. The molecule has 2 atom stereocenters. The van der Waals surface area contributed by atoms with Crippen molar-refractivity contribution >= 4 is 12.3 Å². The second-order valence-corrected chi connectivity index (χ2v) is 9.62. The quantitative estimate of drug-likeness (QED) is 0.185. The van der Waals surface area contributed by atoms with Gasteiger partial charge in [0.1, 0.15) is 12.0 Å². The molecule has 0 aromatic heterocycles. The van der Waals surface area contributed by atoms with Gasteiger partial charge in [-0.1, -0.05) is 76.5 Å². The zero-order chi connectivity index (χ0) is 22.5. The van der Waals surface area contributed by atoms with Gasteiger partial charge >= 0.3 is 5.97 Å². The fourth-order valence-electron chi connectivity index (χ4n) is 5.03. The van der Waals surface area contributed by atoms with E-state index in [1.165, 1.54) is 37.3 Å². The van der Waals surface area contributed by atoms with Gasteiger partial charge in [0.15, 0.2) is 0 Å². The van der Waals surface area contributed by atoms with Gasteiger partial charge in [0, 0.05) is 12.0 Å². The first kappa shape index (κ1) is 25.2. The highest BCUT2D eigenvalue weighted by Gasteiger charge is 2.31. The Balaban J connectivity index is 1.88. The molecule has 0 radical (unpaired) electrons. The Bertz CT molecular complexity index is 686. The van der Waals surface area contributed by atoms with Crippen LogP contribution in [-0.4, -0.2) is 22.5 Å². The highest BCUT2D eigenvalue weighted by Crippen LogP contribution is 2.44. The maximum absolute atomic E-state index is 11.0. The number of aliphatic carboxylic acids is 1. The molecule has 1 saturated carbocycles. The Kier molecular flexibility index (Phi) is 10.8. The highest BCUT2D eigenvalue weighted by atomic mass is 16.4. The van der Waals surface area contributed by atoms with Crippen molar-refractivity contribution in [2.24, 2.45) is 17.3 Å². The Morgan fingerprint density at radius 1 is 1.03 bits per heavy atom. The number of unbranched alkanes of at least 4 members (excludes halogenated alkanes) is 2. The van der Waals surface area contributed by atoms with E-state index in [1.54, 1.807) is 12.1 Å². The molecule has 2 rings (SSSR count). The molecule has 0 heterocycles. The number of hydrogen-bond donors (Lipinski definition) is 2. The Hall–Kier alpha value is -2.10. The number of carbonyl (C=O) groups excluding carboxylic acids is 1. The molecular formula is C27H40O4. The SMILES string of the molecule is CC(C=O)CCCCCC(CCCC1(C=CC(=O)O)CCCC1)Cc1ccc(O)cc1. The summed E-state index contributed by atoms with van der Waals surface area (Å²) in [5.41, 5.74) is 1.34. The number of hydrogen-bond acceptors (Lipinski definition) is 3. The van der Waals surface area contributed by atoms with Crippen molar-refractivity contribution in [1.29, 1.82) is 0 Å². The van der Waals surface area contributed by atoms with Crippen LogP contribution in [0, 0.1) is 17.3 Å². The number of rotatable bonds is 15. The summed E-state index contributed by atoms with van der Waals surface area (Å²) in [6, 6.07) is 7.55. The van der Waals surface area contributed by atoms with Gasteiger partial charge in [0.05, 0.1) is 0 Å². The lowest BCUT2D eigenvalue weighted by Crippen LogP contribution is -2.15. The summed E-state index contributed by atoms with van der Waals surface area (Å²) in [5.74, 6) is 0.211. The molecule has 2 unspecified atom stereocenters. The number of allylic oxidation sites excluding steroid dienone is 1. The van der Waals surface area contributed by atoms with E-state index >= 15 is 0 Å². The van der Waals surface area contributed by atoms with Crippen molar-refractivity contribution < 1.29 is 19.8 Å². The van der Waals surface area contributed by atoms with Crippen LogP contribution < -0.4 is 0 Å². The number of aldehydes is 1. The predicted octanol–water partition coefficient (Wildman–Crippen LogP) is 6.71. The van der Waals surface area contributed by atoms with Crippen molar-refractivity contribution in [3.05, 3.63) is 42.0 Å². The lowest BCUT2D eigenvalue weighted by Gasteiger charge is -2.26. The first-order valence-electron chi connectivity index (χ1n) is 12.1. The molecule has 0 spiro atoms. The van der Waals surface area contributed by atoms with Gasteiger partial charge < -0.3 is 15.0 Å². The van der Waals surface area contributed by atoms with E-state index in [4.69, 9.17) is 5.11 Å². The summed E-state index contributed by atoms with van der Waals surface area (Å²) < 4.78 is 0. The average molecular weight is 429 g/mol. The summed E-state index contributed by atoms with van der Waals surface area (Å²) >= 11 is 0. The third kappa shape index (κ3) is 9.71. The smallest absolute Gasteiger partial charge is 0.327 e. The van der Waals surface area contributed by atoms with Crippen molar-refractivity contribution in [2.45, 2.75) is 90.4 Å². The molecule has 31 heavy (non-hydrogen) atoms. The van der Waals surface area contributed by atoms with Crippen molar-refractivity contribution in [3.63, 3.8) is 0 Å². The van der Waals surface area contributed by atoms with E-state index < -0.39 is 5.97 Å². The van der Waals surface area contributed by atoms with Gasteiger partial charge in [-0.15, -0.1) is 0 Å². The fourth-order valence-corrected chi connectivity index (χ4v) is 5.03. The van der Waals surface area contributed by atoms with Crippen LogP contribution in [0.25, 0.3) is 0 Å². The normalized spacial score (nSPS) is 17.6. The molecule has 0 saturated heterocycles. The third-order valence-corrected chi connectivity index (χ3v) is 6.93. The van der Waals surface area contributed by atoms with Gasteiger partial charge in [-0.3, -0.25) is 0 Å². The number of carboxylic acids is 1. The summed E-state index contributed by atoms with van der Waals surface area (Å²) in [6.45, 7) is 1.98. The van der Waals surface area contributed by atoms with E-state index in [9.17, 15) is 14.7 Å².